The van der Waals surface area contributed by atoms with Gasteiger partial charge in [0, 0.05) is 0 Å². The first kappa shape index (κ1) is 14.1. The van der Waals surface area contributed by atoms with E-state index in [1.807, 2.05) is 12.1 Å². The summed E-state index contributed by atoms with van der Waals surface area (Å²) in [6.07, 6.45) is 1.06. The summed E-state index contributed by atoms with van der Waals surface area (Å²) >= 11 is 0. The van der Waals surface area contributed by atoms with Gasteiger partial charge >= 0.3 is 0 Å². The second-order valence-corrected chi connectivity index (χ2v) is 6.26. The Bertz CT molecular complexity index is 889. The van der Waals surface area contributed by atoms with Crippen LogP contribution in [0.1, 0.15) is 22.3 Å². The van der Waals surface area contributed by atoms with Crippen LogP contribution in [0.3, 0.4) is 0 Å². The number of hydrogen-bond acceptors (Lipinski definition) is 1. The average Bonchev–Trinajstić information content (AvgIpc) is 2.97. The third kappa shape index (κ3) is 2.16. The molecule has 1 aliphatic rings. The van der Waals surface area contributed by atoms with E-state index < -0.39 is 0 Å². The van der Waals surface area contributed by atoms with Gasteiger partial charge in [-0.05, 0) is 83.0 Å². The van der Waals surface area contributed by atoms with E-state index in [2.05, 4.69) is 56.3 Å². The molecular weight excluding hydrogens is 280 g/mol. The van der Waals surface area contributed by atoms with Crippen LogP contribution in [0.25, 0.3) is 22.3 Å². The lowest BCUT2D eigenvalue weighted by Crippen LogP contribution is -1.94. The molecule has 0 atom stereocenters. The van der Waals surface area contributed by atoms with Crippen LogP contribution in [0, 0.1) is 13.8 Å². The molecule has 0 spiro atoms. The standard InChI is InChI=1S/C22H20O/c1-14-15(2)21-12-17-6-4-5-7-19(17)22(21)13-20(14)16-8-10-18(23-3)11-9-16/h4-11,13H,12H2,1-3H3. The van der Waals surface area contributed by atoms with Crippen LogP contribution < -0.4 is 4.74 Å². The van der Waals surface area contributed by atoms with Crippen molar-refractivity contribution in [2.45, 2.75) is 20.3 Å². The summed E-state index contributed by atoms with van der Waals surface area (Å²) in [5, 5.41) is 0. The van der Waals surface area contributed by atoms with Gasteiger partial charge in [-0.15, -0.1) is 0 Å². The number of fused-ring (bicyclic) bond motifs is 3. The van der Waals surface area contributed by atoms with E-state index in [1.54, 1.807) is 7.11 Å². The highest BCUT2D eigenvalue weighted by Gasteiger charge is 2.22. The normalized spacial score (nSPS) is 12.0. The lowest BCUT2D eigenvalue weighted by atomic mass is 9.90. The van der Waals surface area contributed by atoms with Crippen LogP contribution >= 0.6 is 0 Å². The van der Waals surface area contributed by atoms with Gasteiger partial charge in [0.05, 0.1) is 7.11 Å². The Kier molecular flexibility index (Phi) is 3.23. The Morgan fingerprint density at radius 2 is 1.52 bits per heavy atom. The smallest absolute Gasteiger partial charge is 0.118 e. The molecule has 0 bridgehead atoms. The SMILES string of the molecule is COc1ccc(-c2cc3c(c(C)c2C)Cc2ccccc2-3)cc1. The summed E-state index contributed by atoms with van der Waals surface area (Å²) in [6, 6.07) is 19.5. The van der Waals surface area contributed by atoms with Crippen molar-refractivity contribution < 1.29 is 4.74 Å². The van der Waals surface area contributed by atoms with Gasteiger partial charge in [0.15, 0.2) is 0 Å². The second-order valence-electron chi connectivity index (χ2n) is 6.26. The Morgan fingerprint density at radius 3 is 2.26 bits per heavy atom. The molecule has 0 unspecified atom stereocenters. The molecule has 1 nitrogen and oxygen atoms in total. The van der Waals surface area contributed by atoms with Crippen LogP contribution in [0.15, 0.2) is 54.6 Å². The second kappa shape index (κ2) is 5.27. The van der Waals surface area contributed by atoms with Crippen LogP contribution in [0.5, 0.6) is 5.75 Å². The monoisotopic (exact) mass is 300 g/mol. The van der Waals surface area contributed by atoms with E-state index >= 15 is 0 Å². The summed E-state index contributed by atoms with van der Waals surface area (Å²) in [4.78, 5) is 0. The van der Waals surface area contributed by atoms with Crippen LogP contribution in [-0.4, -0.2) is 7.11 Å². The quantitative estimate of drug-likeness (QED) is 0.471. The largest absolute Gasteiger partial charge is 0.497 e. The average molecular weight is 300 g/mol. The highest BCUT2D eigenvalue weighted by atomic mass is 16.5. The van der Waals surface area contributed by atoms with Gasteiger partial charge in [0.1, 0.15) is 5.75 Å². The van der Waals surface area contributed by atoms with E-state index in [0.717, 1.165) is 12.2 Å². The fraction of sp³-hybridized carbons (Fsp3) is 0.182. The lowest BCUT2D eigenvalue weighted by molar-refractivity contribution is 0.415. The van der Waals surface area contributed by atoms with Crippen LogP contribution in [-0.2, 0) is 6.42 Å². The van der Waals surface area contributed by atoms with Gasteiger partial charge in [-0.2, -0.15) is 0 Å². The zero-order valence-corrected chi connectivity index (χ0v) is 13.8. The van der Waals surface area contributed by atoms with Gasteiger partial charge < -0.3 is 4.74 Å². The van der Waals surface area contributed by atoms with Gasteiger partial charge in [-0.25, -0.2) is 0 Å². The van der Waals surface area contributed by atoms with E-state index in [-0.39, 0.29) is 0 Å². The first-order valence-electron chi connectivity index (χ1n) is 8.05. The van der Waals surface area contributed by atoms with E-state index in [0.29, 0.717) is 0 Å². The molecule has 0 aromatic heterocycles. The zero-order chi connectivity index (χ0) is 16.0. The minimum atomic E-state index is 0.898. The molecule has 3 aromatic carbocycles. The molecule has 0 heterocycles. The maximum absolute atomic E-state index is 5.28. The van der Waals surface area contributed by atoms with E-state index in [1.165, 1.54) is 44.5 Å². The Hall–Kier alpha value is -2.54. The number of hydrogen-bond donors (Lipinski definition) is 0. The zero-order valence-electron chi connectivity index (χ0n) is 13.8. The summed E-state index contributed by atoms with van der Waals surface area (Å²) < 4.78 is 5.28. The molecule has 4 rings (SSSR count). The maximum atomic E-state index is 5.28. The highest BCUT2D eigenvalue weighted by molar-refractivity contribution is 5.84. The number of benzene rings is 3. The molecule has 0 fully saturated rings. The third-order valence-corrected chi connectivity index (χ3v) is 5.11. The van der Waals surface area contributed by atoms with Gasteiger partial charge in [0.25, 0.3) is 0 Å². The highest BCUT2D eigenvalue weighted by Crippen LogP contribution is 2.42. The molecule has 0 saturated carbocycles. The molecule has 0 saturated heterocycles. The first-order chi connectivity index (χ1) is 11.2. The fourth-order valence-corrected chi connectivity index (χ4v) is 3.64. The van der Waals surface area contributed by atoms with E-state index in [9.17, 15) is 0 Å². The van der Waals surface area contributed by atoms with Crippen molar-refractivity contribution in [1.29, 1.82) is 0 Å². The first-order valence-corrected chi connectivity index (χ1v) is 8.05. The molecule has 1 heteroatoms. The maximum Gasteiger partial charge on any atom is 0.118 e. The van der Waals surface area contributed by atoms with Crippen LogP contribution in [0.2, 0.25) is 0 Å². The molecule has 0 aliphatic heterocycles. The fourth-order valence-electron chi connectivity index (χ4n) is 3.64. The molecule has 0 amide bonds. The molecule has 23 heavy (non-hydrogen) atoms. The third-order valence-electron chi connectivity index (χ3n) is 5.11. The van der Waals surface area contributed by atoms with E-state index in [4.69, 9.17) is 4.74 Å². The predicted molar refractivity (Wildman–Crippen MR) is 96.1 cm³/mol. The van der Waals surface area contributed by atoms with Gasteiger partial charge in [-0.3, -0.25) is 0 Å². The van der Waals surface area contributed by atoms with Crippen molar-refractivity contribution in [3.8, 4) is 28.0 Å². The number of rotatable bonds is 2. The van der Waals surface area contributed by atoms with Crippen molar-refractivity contribution in [3.05, 3.63) is 76.9 Å². The van der Waals surface area contributed by atoms with Crippen molar-refractivity contribution in [1.82, 2.24) is 0 Å². The Balaban J connectivity index is 1.91. The minimum absolute atomic E-state index is 0.898. The summed E-state index contributed by atoms with van der Waals surface area (Å²) in [5.74, 6) is 0.898. The lowest BCUT2D eigenvalue weighted by Gasteiger charge is -2.15. The predicted octanol–water partition coefficient (Wildman–Crippen LogP) is 5.55. The topological polar surface area (TPSA) is 9.23 Å². The summed E-state index contributed by atoms with van der Waals surface area (Å²) in [6.45, 7) is 4.49. The molecule has 0 N–H and O–H groups in total. The Morgan fingerprint density at radius 1 is 0.783 bits per heavy atom. The molecule has 1 aliphatic carbocycles. The number of methoxy groups -OCH3 is 1. The molecule has 3 aromatic rings. The van der Waals surface area contributed by atoms with Crippen molar-refractivity contribution >= 4 is 0 Å². The molecule has 0 radical (unpaired) electrons. The number of ether oxygens (including phenoxy) is 1. The van der Waals surface area contributed by atoms with Gasteiger partial charge in [-0.1, -0.05) is 36.4 Å². The summed E-state index contributed by atoms with van der Waals surface area (Å²) in [7, 11) is 1.71. The Labute approximate surface area is 137 Å². The summed E-state index contributed by atoms with van der Waals surface area (Å²) in [5.41, 5.74) is 11.1. The van der Waals surface area contributed by atoms with Crippen molar-refractivity contribution in [2.24, 2.45) is 0 Å². The van der Waals surface area contributed by atoms with Crippen molar-refractivity contribution in [3.63, 3.8) is 0 Å². The molecular formula is C22H20O. The molecule has 114 valence electrons. The van der Waals surface area contributed by atoms with Crippen LogP contribution in [0.4, 0.5) is 0 Å². The van der Waals surface area contributed by atoms with Gasteiger partial charge in [0.2, 0.25) is 0 Å². The minimum Gasteiger partial charge on any atom is -0.497 e. The van der Waals surface area contributed by atoms with Crippen molar-refractivity contribution in [2.75, 3.05) is 7.11 Å².